The summed E-state index contributed by atoms with van der Waals surface area (Å²) in [6.45, 7) is 3.52. The van der Waals surface area contributed by atoms with E-state index in [-0.39, 0.29) is 34.6 Å². The molecule has 3 aromatic carbocycles. The molecule has 0 aliphatic heterocycles. The van der Waals surface area contributed by atoms with Gasteiger partial charge in [0.2, 0.25) is 0 Å². The second-order valence-electron chi connectivity index (χ2n) is 9.64. The normalized spacial score (nSPS) is 10.9. The van der Waals surface area contributed by atoms with Crippen LogP contribution >= 0.6 is 17.0 Å². The SMILES string of the molecule is Br.CCCCc1nc(C)n(Cc2c(F)cccc2F)c(=O)c1Cc1ccc(-c2ccccc2-c2noc(=O)[nH]2)cc1. The highest BCUT2D eigenvalue weighted by Crippen LogP contribution is 2.30. The standard InChI is InChI=1S/C31H28F2N4O3.BrH/c1-3-4-12-28-24(30(38)37(19(2)34-28)18-25-26(32)10-7-11-27(25)33)17-20-13-15-21(16-14-20)22-8-5-6-9-23(22)29-35-31(39)40-36-29;/h5-11,13-16H,3-4,12,17-18H2,1-2H3,(H,35,36,39);1H. The topological polar surface area (TPSA) is 93.8 Å². The van der Waals surface area contributed by atoms with Gasteiger partial charge < -0.3 is 0 Å². The highest BCUT2D eigenvalue weighted by Gasteiger charge is 2.18. The maximum atomic E-state index is 14.4. The van der Waals surface area contributed by atoms with Crippen LogP contribution in [0.1, 0.15) is 48.0 Å². The lowest BCUT2D eigenvalue weighted by Gasteiger charge is -2.16. The number of unbranched alkanes of at least 4 members (excludes halogenated alkanes) is 1. The molecule has 212 valence electrons. The molecule has 0 bridgehead atoms. The number of halogens is 3. The highest BCUT2D eigenvalue weighted by molar-refractivity contribution is 8.93. The zero-order valence-corrected chi connectivity index (χ0v) is 24.3. The first-order valence-corrected chi connectivity index (χ1v) is 13.1. The molecule has 0 aliphatic carbocycles. The van der Waals surface area contributed by atoms with Gasteiger partial charge in [0.1, 0.15) is 17.5 Å². The van der Waals surface area contributed by atoms with Crippen molar-refractivity contribution >= 4 is 17.0 Å². The van der Waals surface area contributed by atoms with Crippen LogP contribution in [0.5, 0.6) is 0 Å². The van der Waals surface area contributed by atoms with Gasteiger partial charge in [-0.15, -0.1) is 17.0 Å². The molecule has 0 atom stereocenters. The molecule has 0 saturated carbocycles. The third-order valence-electron chi connectivity index (χ3n) is 6.95. The molecule has 0 spiro atoms. The van der Waals surface area contributed by atoms with Crippen molar-refractivity contribution in [1.29, 1.82) is 0 Å². The van der Waals surface area contributed by atoms with Crippen LogP contribution in [0.25, 0.3) is 22.5 Å². The quantitative estimate of drug-likeness (QED) is 0.205. The number of hydrogen-bond acceptors (Lipinski definition) is 5. The molecule has 1 N–H and O–H groups in total. The molecule has 0 amide bonds. The Morgan fingerprint density at radius 1 is 0.902 bits per heavy atom. The van der Waals surface area contributed by atoms with Gasteiger partial charge in [0.05, 0.1) is 12.2 Å². The number of aryl methyl sites for hydroxylation is 2. The number of nitrogens with one attached hydrogen (secondary N) is 1. The number of hydrogen-bond donors (Lipinski definition) is 1. The number of aromatic amines is 1. The molecule has 10 heteroatoms. The lowest BCUT2D eigenvalue weighted by Crippen LogP contribution is -2.30. The summed E-state index contributed by atoms with van der Waals surface area (Å²) in [4.78, 5) is 32.5. The number of rotatable bonds is 9. The number of H-pyrrole nitrogens is 1. The third kappa shape index (κ3) is 6.43. The average Bonchev–Trinajstić information content (AvgIpc) is 3.39. The fourth-order valence-electron chi connectivity index (χ4n) is 4.81. The van der Waals surface area contributed by atoms with E-state index in [4.69, 9.17) is 4.98 Å². The zero-order valence-electron chi connectivity index (χ0n) is 22.6. The lowest BCUT2D eigenvalue weighted by atomic mass is 9.96. The van der Waals surface area contributed by atoms with Crippen LogP contribution in [0.4, 0.5) is 8.78 Å². The van der Waals surface area contributed by atoms with E-state index < -0.39 is 17.4 Å². The molecule has 0 saturated heterocycles. The van der Waals surface area contributed by atoms with Crippen LogP contribution in [-0.2, 0) is 19.4 Å². The van der Waals surface area contributed by atoms with Gasteiger partial charge >= 0.3 is 5.76 Å². The van der Waals surface area contributed by atoms with E-state index in [1.165, 1.54) is 22.8 Å². The first-order chi connectivity index (χ1) is 19.4. The van der Waals surface area contributed by atoms with Crippen molar-refractivity contribution in [1.82, 2.24) is 19.7 Å². The van der Waals surface area contributed by atoms with Crippen molar-refractivity contribution in [3.8, 4) is 22.5 Å². The van der Waals surface area contributed by atoms with Gasteiger partial charge in [0, 0.05) is 23.1 Å². The summed E-state index contributed by atoms with van der Waals surface area (Å²) < 4.78 is 34.8. The van der Waals surface area contributed by atoms with Gasteiger partial charge in [-0.05, 0) is 48.6 Å². The average molecular weight is 623 g/mol. The predicted octanol–water partition coefficient (Wildman–Crippen LogP) is 6.40. The van der Waals surface area contributed by atoms with Crippen LogP contribution in [0.15, 0.2) is 80.8 Å². The van der Waals surface area contributed by atoms with E-state index in [2.05, 4.69) is 21.6 Å². The second kappa shape index (κ2) is 13.0. The van der Waals surface area contributed by atoms with Crippen LogP contribution in [0.2, 0.25) is 0 Å². The van der Waals surface area contributed by atoms with E-state index in [0.29, 0.717) is 41.3 Å². The maximum Gasteiger partial charge on any atom is 0.439 e. The molecule has 5 aromatic rings. The van der Waals surface area contributed by atoms with Gasteiger partial charge in [0.15, 0.2) is 5.82 Å². The Kier molecular flexibility index (Phi) is 9.44. The summed E-state index contributed by atoms with van der Waals surface area (Å²) >= 11 is 0. The molecule has 7 nitrogen and oxygen atoms in total. The summed E-state index contributed by atoms with van der Waals surface area (Å²) in [5, 5.41) is 3.81. The smallest absolute Gasteiger partial charge is 0.296 e. The zero-order chi connectivity index (χ0) is 28.2. The Morgan fingerprint density at radius 3 is 2.22 bits per heavy atom. The third-order valence-corrected chi connectivity index (χ3v) is 6.95. The summed E-state index contributed by atoms with van der Waals surface area (Å²) in [6.07, 6.45) is 2.76. The van der Waals surface area contributed by atoms with E-state index in [0.717, 1.165) is 29.5 Å². The molecule has 41 heavy (non-hydrogen) atoms. The molecule has 0 radical (unpaired) electrons. The molecule has 0 fully saturated rings. The Labute approximate surface area is 245 Å². The van der Waals surface area contributed by atoms with Crippen molar-refractivity contribution in [2.24, 2.45) is 0 Å². The van der Waals surface area contributed by atoms with E-state index in [9.17, 15) is 18.4 Å². The minimum Gasteiger partial charge on any atom is -0.296 e. The van der Waals surface area contributed by atoms with Crippen LogP contribution in [-0.4, -0.2) is 19.7 Å². The minimum absolute atomic E-state index is 0. The molecular weight excluding hydrogens is 594 g/mol. The number of aromatic nitrogens is 4. The molecular formula is C31H29BrF2N4O3. The molecule has 0 aliphatic rings. The summed E-state index contributed by atoms with van der Waals surface area (Å²) in [5.41, 5.74) is 4.11. The Morgan fingerprint density at radius 2 is 1.59 bits per heavy atom. The highest BCUT2D eigenvalue weighted by atomic mass is 79.9. The first kappa shape index (κ1) is 29.8. The number of benzene rings is 3. The summed E-state index contributed by atoms with van der Waals surface area (Å²) in [6, 6.07) is 18.9. The van der Waals surface area contributed by atoms with Gasteiger partial charge in [0.25, 0.3) is 5.56 Å². The monoisotopic (exact) mass is 622 g/mol. The van der Waals surface area contributed by atoms with Crippen LogP contribution in [0, 0.1) is 18.6 Å². The Hall–Kier alpha value is -4.18. The lowest BCUT2D eigenvalue weighted by molar-refractivity contribution is 0.388. The van der Waals surface area contributed by atoms with Gasteiger partial charge in [-0.1, -0.05) is 73.1 Å². The van der Waals surface area contributed by atoms with Gasteiger partial charge in [-0.3, -0.25) is 18.9 Å². The Balaban J connectivity index is 0.00000387. The second-order valence-corrected chi connectivity index (χ2v) is 9.64. The van der Waals surface area contributed by atoms with Crippen molar-refractivity contribution in [3.05, 3.63) is 127 Å². The molecule has 2 heterocycles. The van der Waals surface area contributed by atoms with E-state index in [1.54, 1.807) is 6.92 Å². The largest absolute Gasteiger partial charge is 0.439 e. The fraction of sp³-hybridized carbons (Fsp3) is 0.226. The van der Waals surface area contributed by atoms with Crippen LogP contribution in [0.3, 0.4) is 0 Å². The predicted molar refractivity (Wildman–Crippen MR) is 158 cm³/mol. The first-order valence-electron chi connectivity index (χ1n) is 13.1. The minimum atomic E-state index is -0.700. The van der Waals surface area contributed by atoms with Crippen molar-refractivity contribution < 1.29 is 13.3 Å². The summed E-state index contributed by atoms with van der Waals surface area (Å²) in [7, 11) is 0. The van der Waals surface area contributed by atoms with Gasteiger partial charge in [-0.2, -0.15) is 0 Å². The molecule has 0 unspecified atom stereocenters. The Bertz CT molecular complexity index is 1760. The molecule has 2 aromatic heterocycles. The number of nitrogens with zero attached hydrogens (tertiary/aromatic N) is 3. The summed E-state index contributed by atoms with van der Waals surface area (Å²) in [5.74, 6) is -1.28. The molecule has 5 rings (SSSR count). The van der Waals surface area contributed by atoms with Crippen molar-refractivity contribution in [2.75, 3.05) is 0 Å². The van der Waals surface area contributed by atoms with E-state index in [1.807, 2.05) is 48.5 Å². The van der Waals surface area contributed by atoms with Crippen molar-refractivity contribution in [2.45, 2.75) is 46.1 Å². The van der Waals surface area contributed by atoms with Crippen molar-refractivity contribution in [3.63, 3.8) is 0 Å². The van der Waals surface area contributed by atoms with E-state index >= 15 is 0 Å². The fourth-order valence-corrected chi connectivity index (χ4v) is 4.81. The maximum absolute atomic E-state index is 14.4. The van der Waals surface area contributed by atoms with Gasteiger partial charge in [-0.25, -0.2) is 18.6 Å². The van der Waals surface area contributed by atoms with Crippen LogP contribution < -0.4 is 11.3 Å².